The summed E-state index contributed by atoms with van der Waals surface area (Å²) in [6.07, 6.45) is 10.7. The van der Waals surface area contributed by atoms with Gasteiger partial charge in [0.2, 0.25) is 0 Å². The van der Waals surface area contributed by atoms with Gasteiger partial charge in [-0.15, -0.1) is 0 Å². The fourth-order valence-electron chi connectivity index (χ4n) is 4.01. The molecule has 0 bridgehead atoms. The van der Waals surface area contributed by atoms with Gasteiger partial charge in [-0.2, -0.15) is 0 Å². The van der Waals surface area contributed by atoms with Gasteiger partial charge < -0.3 is 14.0 Å². The zero-order valence-electron chi connectivity index (χ0n) is 21.1. The first kappa shape index (κ1) is 26.9. The molecule has 0 radical (unpaired) electrons. The molecule has 0 aliphatic rings. The average molecular weight is 455 g/mol. The number of ether oxygens (including phenoxy) is 2. The second kappa shape index (κ2) is 15.5. The summed E-state index contributed by atoms with van der Waals surface area (Å²) in [5.74, 6) is 0.801. The highest BCUT2D eigenvalue weighted by Gasteiger charge is 2.21. The van der Waals surface area contributed by atoms with Crippen LogP contribution in [0.1, 0.15) is 69.4 Å². The fourth-order valence-corrected chi connectivity index (χ4v) is 4.01. The van der Waals surface area contributed by atoms with Crippen LogP contribution in [0.2, 0.25) is 0 Å². The number of aryl methyl sites for hydroxylation is 1. The first-order chi connectivity index (χ1) is 16.0. The third-order valence-corrected chi connectivity index (χ3v) is 5.80. The molecular formula is C29H44NO3+. The third kappa shape index (κ3) is 12.5. The number of carbonyl (C=O) groups excluding carboxylic acids is 1. The van der Waals surface area contributed by atoms with Crippen molar-refractivity contribution < 1.29 is 18.8 Å². The molecule has 0 unspecified atom stereocenters. The zero-order valence-corrected chi connectivity index (χ0v) is 21.1. The van der Waals surface area contributed by atoms with Crippen LogP contribution in [-0.2, 0) is 22.5 Å². The largest absolute Gasteiger partial charge is 0.494 e. The molecule has 0 heterocycles. The van der Waals surface area contributed by atoms with Crippen LogP contribution in [-0.4, -0.2) is 44.3 Å². The molecule has 0 aliphatic heterocycles. The summed E-state index contributed by atoms with van der Waals surface area (Å²) in [5.41, 5.74) is 2.58. The van der Waals surface area contributed by atoms with Gasteiger partial charge in [0.25, 0.3) is 0 Å². The predicted octanol–water partition coefficient (Wildman–Crippen LogP) is 6.57. The first-order valence-corrected chi connectivity index (χ1v) is 12.7. The molecule has 0 aromatic heterocycles. The van der Waals surface area contributed by atoms with E-state index in [-0.39, 0.29) is 5.97 Å². The standard InChI is InChI=1S/C29H44NO3/c1-4-5-6-7-8-10-16-26-19-15-20-28(23-26)32-21-13-14-22-33-29(31)25-30(2,3)24-27-17-11-9-12-18-27/h9,11-12,15,17-20,23H,4-8,10,13-14,16,21-22,24-25H2,1-3H3/q+1. The Morgan fingerprint density at radius 2 is 1.48 bits per heavy atom. The normalized spacial score (nSPS) is 11.4. The Kier molecular flexibility index (Phi) is 12.6. The molecule has 2 aromatic carbocycles. The van der Waals surface area contributed by atoms with E-state index in [2.05, 4.69) is 51.4 Å². The molecule has 2 rings (SSSR count). The van der Waals surface area contributed by atoms with Crippen molar-refractivity contribution in [3.8, 4) is 5.75 Å². The lowest BCUT2D eigenvalue weighted by Gasteiger charge is -2.28. The van der Waals surface area contributed by atoms with Gasteiger partial charge in [0.1, 0.15) is 12.3 Å². The van der Waals surface area contributed by atoms with E-state index in [9.17, 15) is 4.79 Å². The van der Waals surface area contributed by atoms with Crippen molar-refractivity contribution in [2.45, 2.75) is 71.3 Å². The van der Waals surface area contributed by atoms with E-state index in [4.69, 9.17) is 9.47 Å². The van der Waals surface area contributed by atoms with Crippen LogP contribution >= 0.6 is 0 Å². The van der Waals surface area contributed by atoms with Crippen LogP contribution in [0, 0.1) is 0 Å². The van der Waals surface area contributed by atoms with E-state index < -0.39 is 0 Å². The quantitative estimate of drug-likeness (QED) is 0.154. The first-order valence-electron chi connectivity index (χ1n) is 12.7. The van der Waals surface area contributed by atoms with Gasteiger partial charge in [0.05, 0.1) is 27.3 Å². The Balaban J connectivity index is 1.55. The van der Waals surface area contributed by atoms with Crippen molar-refractivity contribution in [1.29, 1.82) is 0 Å². The van der Waals surface area contributed by atoms with Crippen LogP contribution < -0.4 is 4.74 Å². The van der Waals surface area contributed by atoms with E-state index in [1.807, 2.05) is 24.3 Å². The summed E-state index contributed by atoms with van der Waals surface area (Å²) in [7, 11) is 4.12. The SMILES string of the molecule is CCCCCCCCc1cccc(OCCCCOC(=O)C[N+](C)(C)Cc2ccccc2)c1. The molecule has 0 saturated heterocycles. The highest BCUT2D eigenvalue weighted by Crippen LogP contribution is 2.17. The summed E-state index contributed by atoms with van der Waals surface area (Å²) in [6.45, 7) is 4.53. The van der Waals surface area contributed by atoms with Crippen molar-refractivity contribution >= 4 is 5.97 Å². The number of benzene rings is 2. The molecule has 2 aromatic rings. The fraction of sp³-hybridized carbons (Fsp3) is 0.552. The molecule has 4 heteroatoms. The topological polar surface area (TPSA) is 35.5 Å². The van der Waals surface area contributed by atoms with Gasteiger partial charge in [-0.1, -0.05) is 81.5 Å². The van der Waals surface area contributed by atoms with Crippen molar-refractivity contribution in [3.63, 3.8) is 0 Å². The van der Waals surface area contributed by atoms with Gasteiger partial charge in [-0.3, -0.25) is 0 Å². The number of nitrogens with zero attached hydrogens (tertiary/aromatic N) is 1. The predicted molar refractivity (Wildman–Crippen MR) is 136 cm³/mol. The maximum atomic E-state index is 12.2. The van der Waals surface area contributed by atoms with Crippen molar-refractivity contribution in [2.24, 2.45) is 0 Å². The number of esters is 1. The molecule has 0 aliphatic carbocycles. The van der Waals surface area contributed by atoms with E-state index >= 15 is 0 Å². The maximum absolute atomic E-state index is 12.2. The lowest BCUT2D eigenvalue weighted by atomic mass is 10.0. The highest BCUT2D eigenvalue weighted by atomic mass is 16.5. The number of unbranched alkanes of at least 4 members (excludes halogenated alkanes) is 6. The van der Waals surface area contributed by atoms with E-state index in [0.717, 1.165) is 31.6 Å². The monoisotopic (exact) mass is 454 g/mol. The van der Waals surface area contributed by atoms with Gasteiger partial charge in [0, 0.05) is 5.56 Å². The third-order valence-electron chi connectivity index (χ3n) is 5.80. The molecule has 0 spiro atoms. The van der Waals surface area contributed by atoms with Crippen LogP contribution in [0.4, 0.5) is 0 Å². The summed E-state index contributed by atoms with van der Waals surface area (Å²) < 4.78 is 12.0. The molecule has 0 N–H and O–H groups in total. The molecule has 182 valence electrons. The van der Waals surface area contributed by atoms with Crippen molar-refractivity contribution in [2.75, 3.05) is 33.9 Å². The summed E-state index contributed by atoms with van der Waals surface area (Å²) in [6, 6.07) is 18.7. The number of hydrogen-bond donors (Lipinski definition) is 0. The Morgan fingerprint density at radius 3 is 2.27 bits per heavy atom. The number of hydrogen-bond acceptors (Lipinski definition) is 3. The lowest BCUT2D eigenvalue weighted by Crippen LogP contribution is -2.43. The second-order valence-corrected chi connectivity index (χ2v) is 9.68. The van der Waals surface area contributed by atoms with Gasteiger partial charge >= 0.3 is 5.97 Å². The highest BCUT2D eigenvalue weighted by molar-refractivity contribution is 5.70. The van der Waals surface area contributed by atoms with Crippen molar-refractivity contribution in [1.82, 2.24) is 0 Å². The smallest absolute Gasteiger partial charge is 0.361 e. The molecular weight excluding hydrogens is 410 g/mol. The number of likely N-dealkylation sites (N-methyl/N-ethyl adjacent to an activating group) is 1. The van der Waals surface area contributed by atoms with Crippen LogP contribution in [0.25, 0.3) is 0 Å². The molecule has 0 amide bonds. The van der Waals surface area contributed by atoms with E-state index in [1.165, 1.54) is 49.7 Å². The molecule has 0 atom stereocenters. The van der Waals surface area contributed by atoms with E-state index in [1.54, 1.807) is 0 Å². The minimum Gasteiger partial charge on any atom is -0.494 e. The van der Waals surface area contributed by atoms with Crippen LogP contribution in [0.15, 0.2) is 54.6 Å². The molecule has 0 fully saturated rings. The number of rotatable bonds is 17. The summed E-state index contributed by atoms with van der Waals surface area (Å²) >= 11 is 0. The lowest BCUT2D eigenvalue weighted by molar-refractivity contribution is -0.896. The average Bonchev–Trinajstić information content (AvgIpc) is 2.79. The summed E-state index contributed by atoms with van der Waals surface area (Å²) in [4.78, 5) is 12.2. The number of quaternary nitrogens is 1. The Labute approximate surface area is 201 Å². The second-order valence-electron chi connectivity index (χ2n) is 9.68. The Bertz CT molecular complexity index is 788. The Hall–Kier alpha value is -2.33. The van der Waals surface area contributed by atoms with E-state index in [0.29, 0.717) is 24.2 Å². The number of carbonyl (C=O) groups is 1. The van der Waals surface area contributed by atoms with Crippen LogP contribution in [0.3, 0.4) is 0 Å². The molecule has 4 nitrogen and oxygen atoms in total. The Morgan fingerprint density at radius 1 is 0.788 bits per heavy atom. The van der Waals surface area contributed by atoms with Crippen molar-refractivity contribution in [3.05, 3.63) is 65.7 Å². The van der Waals surface area contributed by atoms with Crippen LogP contribution in [0.5, 0.6) is 5.75 Å². The zero-order chi connectivity index (χ0) is 23.8. The van der Waals surface area contributed by atoms with Gasteiger partial charge in [0.15, 0.2) is 6.54 Å². The van der Waals surface area contributed by atoms with Gasteiger partial charge in [-0.25, -0.2) is 4.79 Å². The summed E-state index contributed by atoms with van der Waals surface area (Å²) in [5, 5.41) is 0. The minimum absolute atomic E-state index is 0.140. The molecule has 33 heavy (non-hydrogen) atoms. The maximum Gasteiger partial charge on any atom is 0.361 e. The molecule has 0 saturated carbocycles. The van der Waals surface area contributed by atoms with Gasteiger partial charge in [-0.05, 0) is 43.4 Å². The minimum atomic E-state index is -0.140.